The molecule has 140 valence electrons. The Morgan fingerprint density at radius 2 is 2.00 bits per heavy atom. The highest BCUT2D eigenvalue weighted by molar-refractivity contribution is 5.63. The summed E-state index contributed by atoms with van der Waals surface area (Å²) in [5.41, 5.74) is -0.0917. The molecule has 0 N–H and O–H groups in total. The molecular formula is C19H22F3N3O. The summed E-state index contributed by atoms with van der Waals surface area (Å²) < 4.78 is 45.4. The van der Waals surface area contributed by atoms with Crippen molar-refractivity contribution < 1.29 is 17.9 Å². The number of hydrogen-bond donors (Lipinski definition) is 0. The van der Waals surface area contributed by atoms with Gasteiger partial charge in [-0.05, 0) is 43.9 Å². The van der Waals surface area contributed by atoms with Crippen molar-refractivity contribution in [1.29, 1.82) is 0 Å². The molecule has 2 aromatic rings. The van der Waals surface area contributed by atoms with Crippen LogP contribution in [-0.2, 0) is 6.18 Å². The fourth-order valence-electron chi connectivity index (χ4n) is 3.33. The second-order valence-corrected chi connectivity index (χ2v) is 6.42. The molecule has 26 heavy (non-hydrogen) atoms. The lowest BCUT2D eigenvalue weighted by Crippen LogP contribution is -2.40. The van der Waals surface area contributed by atoms with Gasteiger partial charge in [0.05, 0.1) is 12.8 Å². The SMILES string of the molecule is CC[C@H]1CCCCN1c1nc(-c2cccc(OC)c2)cc(C(F)(F)F)n1. The maximum absolute atomic E-state index is 13.4. The van der Waals surface area contributed by atoms with Gasteiger partial charge in [-0.25, -0.2) is 9.97 Å². The molecule has 0 amide bonds. The van der Waals surface area contributed by atoms with Crippen molar-refractivity contribution in [3.63, 3.8) is 0 Å². The molecule has 0 spiro atoms. The van der Waals surface area contributed by atoms with Gasteiger partial charge in [0.25, 0.3) is 0 Å². The molecule has 7 heteroatoms. The average molecular weight is 365 g/mol. The lowest BCUT2D eigenvalue weighted by atomic mass is 10.0. The zero-order valence-corrected chi connectivity index (χ0v) is 14.9. The van der Waals surface area contributed by atoms with Crippen LogP contribution in [0.25, 0.3) is 11.3 Å². The van der Waals surface area contributed by atoms with Gasteiger partial charge in [0, 0.05) is 18.2 Å². The van der Waals surface area contributed by atoms with Crippen LogP contribution in [0.4, 0.5) is 19.1 Å². The number of alkyl halides is 3. The van der Waals surface area contributed by atoms with E-state index in [1.807, 2.05) is 11.8 Å². The highest BCUT2D eigenvalue weighted by Crippen LogP contribution is 2.34. The van der Waals surface area contributed by atoms with Crippen molar-refractivity contribution in [2.75, 3.05) is 18.6 Å². The Balaban J connectivity index is 2.09. The monoisotopic (exact) mass is 365 g/mol. The first-order valence-corrected chi connectivity index (χ1v) is 8.79. The van der Waals surface area contributed by atoms with Crippen molar-refractivity contribution >= 4 is 5.95 Å². The summed E-state index contributed by atoms with van der Waals surface area (Å²) in [6.45, 7) is 2.72. The van der Waals surface area contributed by atoms with Crippen molar-refractivity contribution in [1.82, 2.24) is 9.97 Å². The Morgan fingerprint density at radius 1 is 1.19 bits per heavy atom. The predicted octanol–water partition coefficient (Wildman–Crippen LogP) is 4.94. The second-order valence-electron chi connectivity index (χ2n) is 6.42. The normalized spacial score (nSPS) is 18.0. The molecule has 1 aromatic carbocycles. The van der Waals surface area contributed by atoms with Crippen LogP contribution in [0.2, 0.25) is 0 Å². The molecule has 0 saturated carbocycles. The number of rotatable bonds is 4. The van der Waals surface area contributed by atoms with E-state index >= 15 is 0 Å². The minimum atomic E-state index is -4.52. The molecule has 1 aliphatic rings. The zero-order valence-electron chi connectivity index (χ0n) is 14.9. The van der Waals surface area contributed by atoms with Crippen molar-refractivity contribution in [2.24, 2.45) is 0 Å². The van der Waals surface area contributed by atoms with E-state index in [0.717, 1.165) is 31.7 Å². The molecule has 1 aromatic heterocycles. The molecule has 4 nitrogen and oxygen atoms in total. The third kappa shape index (κ3) is 3.92. The molecule has 0 radical (unpaired) electrons. The predicted molar refractivity (Wildman–Crippen MR) is 94.3 cm³/mol. The van der Waals surface area contributed by atoms with E-state index < -0.39 is 11.9 Å². The number of benzene rings is 1. The van der Waals surface area contributed by atoms with Crippen molar-refractivity contribution in [2.45, 2.75) is 44.8 Å². The van der Waals surface area contributed by atoms with Crippen molar-refractivity contribution in [3.05, 3.63) is 36.0 Å². The third-order valence-corrected chi connectivity index (χ3v) is 4.73. The molecular weight excluding hydrogens is 343 g/mol. The lowest BCUT2D eigenvalue weighted by Gasteiger charge is -2.35. The highest BCUT2D eigenvalue weighted by atomic mass is 19.4. The van der Waals surface area contributed by atoms with Gasteiger partial charge >= 0.3 is 6.18 Å². The first-order chi connectivity index (χ1) is 12.4. The van der Waals surface area contributed by atoms with E-state index in [0.29, 0.717) is 17.9 Å². The summed E-state index contributed by atoms with van der Waals surface area (Å²) in [5.74, 6) is 0.727. The Labute approximate surface area is 151 Å². The maximum atomic E-state index is 13.4. The topological polar surface area (TPSA) is 38.2 Å². The van der Waals surface area contributed by atoms with E-state index in [-0.39, 0.29) is 17.7 Å². The van der Waals surface area contributed by atoms with Gasteiger partial charge < -0.3 is 9.64 Å². The number of hydrogen-bond acceptors (Lipinski definition) is 4. The maximum Gasteiger partial charge on any atom is 0.433 e. The number of methoxy groups -OCH3 is 1. The van der Waals surface area contributed by atoms with E-state index in [4.69, 9.17) is 4.74 Å². The number of ether oxygens (including phenoxy) is 1. The van der Waals surface area contributed by atoms with Gasteiger partial charge in [-0.15, -0.1) is 0 Å². The number of nitrogens with zero attached hydrogens (tertiary/aromatic N) is 3. The summed E-state index contributed by atoms with van der Waals surface area (Å²) in [7, 11) is 1.52. The molecule has 3 rings (SSSR count). The Morgan fingerprint density at radius 3 is 2.69 bits per heavy atom. The lowest BCUT2D eigenvalue weighted by molar-refractivity contribution is -0.141. The van der Waals surface area contributed by atoms with Gasteiger partial charge in [0.1, 0.15) is 5.75 Å². The molecule has 0 bridgehead atoms. The van der Waals surface area contributed by atoms with Gasteiger partial charge in [0.15, 0.2) is 5.69 Å². The standard InChI is InChI=1S/C19H22F3N3O/c1-3-14-8-4-5-10-25(14)18-23-16(12-17(24-18)19(20,21)22)13-7-6-9-15(11-13)26-2/h6-7,9,11-12,14H,3-5,8,10H2,1-2H3/t14-/m0/s1. The summed E-state index contributed by atoms with van der Waals surface area (Å²) in [4.78, 5) is 10.2. The van der Waals surface area contributed by atoms with Crippen LogP contribution >= 0.6 is 0 Å². The minimum Gasteiger partial charge on any atom is -0.497 e. The zero-order chi connectivity index (χ0) is 18.7. The van der Waals surface area contributed by atoms with Gasteiger partial charge in [-0.2, -0.15) is 13.2 Å². The molecule has 2 heterocycles. The summed E-state index contributed by atoms with van der Waals surface area (Å²) in [6, 6.07) is 8.06. The Bertz CT molecular complexity index is 764. The number of halogens is 3. The molecule has 1 fully saturated rings. The summed E-state index contributed by atoms with van der Waals surface area (Å²) >= 11 is 0. The van der Waals surface area contributed by atoms with Crippen LogP contribution in [0.5, 0.6) is 5.75 Å². The van der Waals surface area contributed by atoms with Crippen LogP contribution in [-0.4, -0.2) is 29.7 Å². The van der Waals surface area contributed by atoms with Gasteiger partial charge in [-0.3, -0.25) is 0 Å². The Kier molecular flexibility index (Phi) is 5.34. The van der Waals surface area contributed by atoms with E-state index in [1.165, 1.54) is 7.11 Å². The largest absolute Gasteiger partial charge is 0.497 e. The molecule has 1 saturated heterocycles. The summed E-state index contributed by atoms with van der Waals surface area (Å²) in [5, 5.41) is 0. The third-order valence-electron chi connectivity index (χ3n) is 4.73. The summed E-state index contributed by atoms with van der Waals surface area (Å²) in [6.07, 6.45) is -0.706. The van der Waals surface area contributed by atoms with E-state index in [1.54, 1.807) is 24.3 Å². The fourth-order valence-corrected chi connectivity index (χ4v) is 3.33. The highest BCUT2D eigenvalue weighted by Gasteiger charge is 2.35. The molecule has 1 atom stereocenters. The number of piperidine rings is 1. The molecule has 0 unspecified atom stereocenters. The molecule has 0 aliphatic carbocycles. The van der Waals surface area contributed by atoms with Crippen LogP contribution in [0.3, 0.4) is 0 Å². The van der Waals surface area contributed by atoms with Gasteiger partial charge in [-0.1, -0.05) is 19.1 Å². The van der Waals surface area contributed by atoms with Gasteiger partial charge in [0.2, 0.25) is 5.95 Å². The van der Waals surface area contributed by atoms with E-state index in [9.17, 15) is 13.2 Å². The fraction of sp³-hybridized carbons (Fsp3) is 0.474. The minimum absolute atomic E-state index is 0.157. The second kappa shape index (κ2) is 7.51. The van der Waals surface area contributed by atoms with Crippen LogP contribution in [0.1, 0.15) is 38.3 Å². The van der Waals surface area contributed by atoms with Crippen LogP contribution in [0, 0.1) is 0 Å². The van der Waals surface area contributed by atoms with Crippen molar-refractivity contribution in [3.8, 4) is 17.0 Å². The first-order valence-electron chi connectivity index (χ1n) is 8.79. The Hall–Kier alpha value is -2.31. The average Bonchev–Trinajstić information content (AvgIpc) is 2.67. The molecule has 1 aliphatic heterocycles. The first kappa shape index (κ1) is 18.5. The van der Waals surface area contributed by atoms with Crippen LogP contribution < -0.4 is 9.64 Å². The number of aromatic nitrogens is 2. The number of anilines is 1. The smallest absolute Gasteiger partial charge is 0.433 e. The van der Waals surface area contributed by atoms with Crippen LogP contribution in [0.15, 0.2) is 30.3 Å². The quantitative estimate of drug-likeness (QED) is 0.769. The van der Waals surface area contributed by atoms with E-state index in [2.05, 4.69) is 9.97 Å².